The Kier molecular flexibility index (Phi) is 5.21. The molecule has 9 nitrogen and oxygen atoms in total. The van der Waals surface area contributed by atoms with E-state index in [1.54, 1.807) is 41.1 Å². The van der Waals surface area contributed by atoms with E-state index in [0.717, 1.165) is 5.56 Å². The summed E-state index contributed by atoms with van der Waals surface area (Å²) in [6, 6.07) is 10.3. The number of hydrogen-bond donors (Lipinski definition) is 2. The average Bonchev–Trinajstić information content (AvgIpc) is 3.15. The van der Waals surface area contributed by atoms with Gasteiger partial charge in [0.1, 0.15) is 16.9 Å². The highest BCUT2D eigenvalue weighted by Gasteiger charge is 2.22. The van der Waals surface area contributed by atoms with Crippen molar-refractivity contribution in [3.63, 3.8) is 0 Å². The van der Waals surface area contributed by atoms with E-state index >= 15 is 0 Å². The smallest absolute Gasteiger partial charge is 0.265 e. The van der Waals surface area contributed by atoms with Gasteiger partial charge >= 0.3 is 0 Å². The highest BCUT2D eigenvalue weighted by molar-refractivity contribution is 6.28. The number of ketones is 1. The predicted molar refractivity (Wildman–Crippen MR) is 111 cm³/mol. The molecule has 0 atom stereocenters. The van der Waals surface area contributed by atoms with E-state index in [9.17, 15) is 9.59 Å². The summed E-state index contributed by atoms with van der Waals surface area (Å²) in [5, 5.41) is -0.0353. The van der Waals surface area contributed by atoms with E-state index in [0.29, 0.717) is 33.7 Å². The van der Waals surface area contributed by atoms with Gasteiger partial charge in [-0.25, -0.2) is 15.8 Å². The summed E-state index contributed by atoms with van der Waals surface area (Å²) < 4.78 is 1.57. The Morgan fingerprint density at radius 3 is 2.70 bits per heavy atom. The molecule has 10 heteroatoms. The molecule has 3 heterocycles. The molecule has 4 rings (SSSR count). The average molecular weight is 422 g/mol. The number of carbonyl (C=O) groups is 2. The highest BCUT2D eigenvalue weighted by atomic mass is 35.5. The van der Waals surface area contributed by atoms with Gasteiger partial charge in [-0.05, 0) is 42.3 Å². The first-order valence-electron chi connectivity index (χ1n) is 8.93. The first kappa shape index (κ1) is 19.6. The van der Waals surface area contributed by atoms with Crippen LogP contribution < -0.4 is 11.3 Å². The molecule has 3 aromatic heterocycles. The molecule has 150 valence electrons. The lowest BCUT2D eigenvalue weighted by Gasteiger charge is -2.12. The predicted octanol–water partition coefficient (Wildman–Crippen LogP) is 2.34. The van der Waals surface area contributed by atoms with Gasteiger partial charge in [-0.1, -0.05) is 18.2 Å². The van der Waals surface area contributed by atoms with Crippen molar-refractivity contribution in [2.75, 3.05) is 0 Å². The van der Waals surface area contributed by atoms with Crippen LogP contribution in [0.25, 0.3) is 22.4 Å². The molecule has 0 radical (unpaired) electrons. The molecule has 0 spiro atoms. The SMILES string of the molecule is Cc1cccc(C(=O)NN)c1-c1nc(Cl)nc2c1ncn2CC(=O)c1ccccn1. The van der Waals surface area contributed by atoms with Crippen LogP contribution in [0.4, 0.5) is 0 Å². The number of halogens is 1. The van der Waals surface area contributed by atoms with Gasteiger partial charge in [0.15, 0.2) is 5.65 Å². The van der Waals surface area contributed by atoms with Crippen LogP contribution in [0.15, 0.2) is 48.9 Å². The van der Waals surface area contributed by atoms with Crippen molar-refractivity contribution in [2.24, 2.45) is 5.84 Å². The molecule has 1 amide bonds. The van der Waals surface area contributed by atoms with Crippen molar-refractivity contribution in [3.05, 3.63) is 71.0 Å². The molecule has 1 aromatic carbocycles. The molecule has 0 aliphatic carbocycles. The number of nitrogens with zero attached hydrogens (tertiary/aromatic N) is 5. The lowest BCUT2D eigenvalue weighted by atomic mass is 9.98. The molecule has 0 bridgehead atoms. The first-order valence-corrected chi connectivity index (χ1v) is 9.31. The van der Waals surface area contributed by atoms with Crippen LogP contribution in [0.2, 0.25) is 5.28 Å². The molecule has 0 saturated carbocycles. The maximum Gasteiger partial charge on any atom is 0.265 e. The zero-order valence-corrected chi connectivity index (χ0v) is 16.6. The molecule has 0 fully saturated rings. The Balaban J connectivity index is 1.85. The van der Waals surface area contributed by atoms with E-state index in [2.05, 4.69) is 25.4 Å². The van der Waals surface area contributed by atoms with E-state index in [1.807, 2.05) is 13.0 Å². The molecule has 0 aliphatic heterocycles. The number of rotatable bonds is 5. The molecule has 0 saturated heterocycles. The van der Waals surface area contributed by atoms with Crippen molar-refractivity contribution >= 4 is 34.5 Å². The fraction of sp³-hybridized carbons (Fsp3) is 0.100. The number of amides is 1. The molecular formula is C20H16ClN7O2. The number of aryl methyl sites for hydroxylation is 1. The number of carbonyl (C=O) groups excluding carboxylic acids is 2. The molecule has 30 heavy (non-hydrogen) atoms. The van der Waals surface area contributed by atoms with Crippen LogP contribution in [0.1, 0.15) is 26.4 Å². The number of Topliss-reactive ketones (excluding diaryl/α,β-unsaturated/α-hetero) is 1. The van der Waals surface area contributed by atoms with E-state index < -0.39 is 5.91 Å². The van der Waals surface area contributed by atoms with Crippen LogP contribution in [-0.4, -0.2) is 36.2 Å². The van der Waals surface area contributed by atoms with Gasteiger partial charge < -0.3 is 4.57 Å². The lowest BCUT2D eigenvalue weighted by Crippen LogP contribution is -2.30. The van der Waals surface area contributed by atoms with Crippen molar-refractivity contribution in [1.82, 2.24) is 29.9 Å². The van der Waals surface area contributed by atoms with Crippen molar-refractivity contribution in [2.45, 2.75) is 13.5 Å². The number of hydrazine groups is 1. The van der Waals surface area contributed by atoms with E-state index in [4.69, 9.17) is 17.4 Å². The standard InChI is InChI=1S/C20H16ClN7O2/c1-11-5-4-6-12(19(30)27-22)15(11)16-17-18(26-20(21)25-16)28(10-24-17)9-14(29)13-7-2-3-8-23-13/h2-8,10H,9,22H2,1H3,(H,27,30). The van der Waals surface area contributed by atoms with Crippen LogP contribution in [0, 0.1) is 6.92 Å². The second kappa shape index (κ2) is 7.97. The Morgan fingerprint density at radius 1 is 1.13 bits per heavy atom. The Morgan fingerprint density at radius 2 is 1.97 bits per heavy atom. The van der Waals surface area contributed by atoms with Gasteiger partial charge in [0, 0.05) is 11.8 Å². The summed E-state index contributed by atoms with van der Waals surface area (Å²) in [5.41, 5.74) is 5.28. The quantitative estimate of drug-likeness (QED) is 0.166. The second-order valence-corrected chi connectivity index (χ2v) is 6.83. The molecule has 4 aromatic rings. The number of nitrogens with one attached hydrogen (secondary N) is 1. The summed E-state index contributed by atoms with van der Waals surface area (Å²) in [7, 11) is 0. The van der Waals surface area contributed by atoms with Crippen LogP contribution in [-0.2, 0) is 6.54 Å². The third-order valence-electron chi connectivity index (χ3n) is 4.59. The number of benzene rings is 1. The Labute approximate surface area is 175 Å². The fourth-order valence-corrected chi connectivity index (χ4v) is 3.38. The van der Waals surface area contributed by atoms with Gasteiger partial charge in [-0.2, -0.15) is 4.98 Å². The molecule has 0 aliphatic rings. The third kappa shape index (κ3) is 3.51. The first-order chi connectivity index (χ1) is 14.5. The number of aromatic nitrogens is 5. The molecular weight excluding hydrogens is 406 g/mol. The largest absolute Gasteiger partial charge is 0.307 e. The molecule has 3 N–H and O–H groups in total. The number of pyridine rings is 1. The highest BCUT2D eigenvalue weighted by Crippen LogP contribution is 2.31. The number of hydrogen-bond acceptors (Lipinski definition) is 7. The second-order valence-electron chi connectivity index (χ2n) is 6.50. The lowest BCUT2D eigenvalue weighted by molar-refractivity contribution is 0.0950. The van der Waals surface area contributed by atoms with Crippen molar-refractivity contribution < 1.29 is 9.59 Å². The summed E-state index contributed by atoms with van der Waals surface area (Å²) in [5.74, 6) is 4.66. The Hall–Kier alpha value is -3.69. The summed E-state index contributed by atoms with van der Waals surface area (Å²) >= 11 is 6.19. The summed E-state index contributed by atoms with van der Waals surface area (Å²) in [6.45, 7) is 1.82. The van der Waals surface area contributed by atoms with Crippen LogP contribution in [0.5, 0.6) is 0 Å². The third-order valence-corrected chi connectivity index (χ3v) is 4.76. The van der Waals surface area contributed by atoms with Gasteiger partial charge in [0.05, 0.1) is 18.4 Å². The number of fused-ring (bicyclic) bond motifs is 1. The topological polar surface area (TPSA) is 129 Å². The summed E-state index contributed by atoms with van der Waals surface area (Å²) in [4.78, 5) is 41.9. The van der Waals surface area contributed by atoms with Gasteiger partial charge in [0.2, 0.25) is 11.1 Å². The minimum absolute atomic E-state index is 0.0236. The Bertz CT molecular complexity index is 1270. The number of imidazole rings is 1. The van der Waals surface area contributed by atoms with Gasteiger partial charge in [-0.3, -0.25) is 20.0 Å². The minimum Gasteiger partial charge on any atom is -0.307 e. The zero-order valence-electron chi connectivity index (χ0n) is 15.8. The zero-order chi connectivity index (χ0) is 21.3. The minimum atomic E-state index is -0.471. The van der Waals surface area contributed by atoms with Crippen molar-refractivity contribution in [3.8, 4) is 11.3 Å². The monoisotopic (exact) mass is 421 g/mol. The number of nitrogens with two attached hydrogens (primary N) is 1. The van der Waals surface area contributed by atoms with Gasteiger partial charge in [0.25, 0.3) is 5.91 Å². The number of nitrogen functional groups attached to an aromatic ring is 1. The maximum atomic E-state index is 12.6. The normalized spacial score (nSPS) is 10.9. The van der Waals surface area contributed by atoms with Gasteiger partial charge in [-0.15, -0.1) is 0 Å². The van der Waals surface area contributed by atoms with Crippen molar-refractivity contribution in [1.29, 1.82) is 0 Å². The fourth-order valence-electron chi connectivity index (χ4n) is 3.22. The van der Waals surface area contributed by atoms with E-state index in [-0.39, 0.29) is 17.6 Å². The maximum absolute atomic E-state index is 12.6. The summed E-state index contributed by atoms with van der Waals surface area (Å²) in [6.07, 6.45) is 3.04. The van der Waals surface area contributed by atoms with Crippen LogP contribution in [0.3, 0.4) is 0 Å². The van der Waals surface area contributed by atoms with Crippen LogP contribution >= 0.6 is 11.6 Å². The van der Waals surface area contributed by atoms with E-state index in [1.165, 1.54) is 6.33 Å². The molecule has 0 unspecified atom stereocenters.